The van der Waals surface area contributed by atoms with E-state index in [4.69, 9.17) is 0 Å². The van der Waals surface area contributed by atoms with Gasteiger partial charge >= 0.3 is 0 Å². The zero-order chi connectivity index (χ0) is 13.7. The maximum Gasteiger partial charge on any atom is 0.225 e. The standard InChI is InChI=1S/C16H30N2O/c1-3-5-14(6-4-2)17-15-9-11-18(12-10-15)16(19)13-7-8-13/h13-15,17H,3-12H2,1-2H3. The fourth-order valence-electron chi connectivity index (χ4n) is 3.20. The first kappa shape index (κ1) is 14.8. The highest BCUT2D eigenvalue weighted by Gasteiger charge is 2.34. The molecule has 110 valence electrons. The molecule has 1 saturated carbocycles. The first-order chi connectivity index (χ1) is 9.24. The van der Waals surface area contributed by atoms with E-state index in [2.05, 4.69) is 24.1 Å². The molecule has 2 rings (SSSR count). The van der Waals surface area contributed by atoms with Gasteiger partial charge in [0.2, 0.25) is 5.91 Å². The second-order valence-corrected chi connectivity index (χ2v) is 6.31. The summed E-state index contributed by atoms with van der Waals surface area (Å²) in [6.07, 6.45) is 9.64. The first-order valence-corrected chi connectivity index (χ1v) is 8.29. The van der Waals surface area contributed by atoms with Crippen molar-refractivity contribution in [3.05, 3.63) is 0 Å². The van der Waals surface area contributed by atoms with Gasteiger partial charge in [-0.3, -0.25) is 4.79 Å². The minimum Gasteiger partial charge on any atom is -0.342 e. The topological polar surface area (TPSA) is 32.3 Å². The van der Waals surface area contributed by atoms with E-state index in [0.717, 1.165) is 38.8 Å². The van der Waals surface area contributed by atoms with Crippen molar-refractivity contribution < 1.29 is 4.79 Å². The summed E-state index contributed by atoms with van der Waals surface area (Å²) in [6.45, 7) is 6.47. The molecule has 2 fully saturated rings. The predicted molar refractivity (Wildman–Crippen MR) is 79.1 cm³/mol. The molecular weight excluding hydrogens is 236 g/mol. The van der Waals surface area contributed by atoms with Gasteiger partial charge in [-0.2, -0.15) is 0 Å². The molecule has 3 nitrogen and oxygen atoms in total. The van der Waals surface area contributed by atoms with Crippen LogP contribution in [0.5, 0.6) is 0 Å². The van der Waals surface area contributed by atoms with Gasteiger partial charge in [-0.15, -0.1) is 0 Å². The second-order valence-electron chi connectivity index (χ2n) is 6.31. The lowest BCUT2D eigenvalue weighted by Gasteiger charge is -2.34. The van der Waals surface area contributed by atoms with Gasteiger partial charge in [-0.1, -0.05) is 26.7 Å². The highest BCUT2D eigenvalue weighted by atomic mass is 16.2. The van der Waals surface area contributed by atoms with E-state index in [9.17, 15) is 4.79 Å². The Hall–Kier alpha value is -0.570. The molecule has 0 atom stereocenters. The maximum atomic E-state index is 12.0. The Bertz CT molecular complexity index is 274. The number of piperidine rings is 1. The number of nitrogens with one attached hydrogen (secondary N) is 1. The van der Waals surface area contributed by atoms with Crippen LogP contribution in [0.2, 0.25) is 0 Å². The Morgan fingerprint density at radius 2 is 1.68 bits per heavy atom. The van der Waals surface area contributed by atoms with Gasteiger partial charge in [0.1, 0.15) is 0 Å². The SMILES string of the molecule is CCCC(CCC)NC1CCN(C(=O)C2CC2)CC1. The van der Waals surface area contributed by atoms with Crippen LogP contribution >= 0.6 is 0 Å². The molecule has 1 N–H and O–H groups in total. The molecule has 1 aliphatic heterocycles. The Kier molecular flexibility index (Phi) is 5.68. The largest absolute Gasteiger partial charge is 0.342 e. The normalized spacial score (nSPS) is 21.1. The minimum absolute atomic E-state index is 0.387. The molecule has 0 aromatic heterocycles. The van der Waals surface area contributed by atoms with E-state index in [0.29, 0.717) is 23.9 Å². The molecule has 0 bridgehead atoms. The van der Waals surface area contributed by atoms with Crippen LogP contribution < -0.4 is 5.32 Å². The number of nitrogens with zero attached hydrogens (tertiary/aromatic N) is 1. The Balaban J connectivity index is 1.70. The molecule has 2 aliphatic rings. The second kappa shape index (κ2) is 7.28. The molecule has 0 unspecified atom stereocenters. The first-order valence-electron chi connectivity index (χ1n) is 8.29. The van der Waals surface area contributed by atoms with Crippen molar-refractivity contribution >= 4 is 5.91 Å². The zero-order valence-corrected chi connectivity index (χ0v) is 12.7. The van der Waals surface area contributed by atoms with E-state index < -0.39 is 0 Å². The molecule has 3 heteroatoms. The smallest absolute Gasteiger partial charge is 0.225 e. The van der Waals surface area contributed by atoms with Crippen molar-refractivity contribution in [2.75, 3.05) is 13.1 Å². The number of amides is 1. The van der Waals surface area contributed by atoms with E-state index in [1.165, 1.54) is 25.7 Å². The Morgan fingerprint density at radius 1 is 1.11 bits per heavy atom. The third-order valence-electron chi connectivity index (χ3n) is 4.48. The number of carbonyl (C=O) groups is 1. The lowest BCUT2D eigenvalue weighted by atomic mass is 10.00. The predicted octanol–water partition coefficient (Wildman–Crippen LogP) is 2.95. The van der Waals surface area contributed by atoms with Crippen molar-refractivity contribution in [3.63, 3.8) is 0 Å². The third kappa shape index (κ3) is 4.48. The molecule has 0 spiro atoms. The summed E-state index contributed by atoms with van der Waals surface area (Å²) in [5, 5.41) is 3.82. The lowest BCUT2D eigenvalue weighted by Crippen LogP contribution is -2.48. The van der Waals surface area contributed by atoms with Gasteiger partial charge in [-0.25, -0.2) is 0 Å². The van der Waals surface area contributed by atoms with E-state index in [-0.39, 0.29) is 0 Å². The highest BCUT2D eigenvalue weighted by Crippen LogP contribution is 2.31. The average molecular weight is 266 g/mol. The van der Waals surface area contributed by atoms with E-state index in [1.54, 1.807) is 0 Å². The molecule has 0 aromatic carbocycles. The minimum atomic E-state index is 0.387. The van der Waals surface area contributed by atoms with Crippen LogP contribution in [0.25, 0.3) is 0 Å². The summed E-state index contributed by atoms with van der Waals surface area (Å²) in [7, 11) is 0. The Labute approximate surface area is 118 Å². The number of rotatable bonds is 7. The monoisotopic (exact) mass is 266 g/mol. The number of hydrogen-bond acceptors (Lipinski definition) is 2. The van der Waals surface area contributed by atoms with E-state index >= 15 is 0 Å². The van der Waals surface area contributed by atoms with Gasteiger partial charge in [0.05, 0.1) is 0 Å². The molecule has 0 aromatic rings. The molecule has 1 saturated heterocycles. The summed E-state index contributed by atoms with van der Waals surface area (Å²) >= 11 is 0. The van der Waals surface area contributed by atoms with Crippen molar-refractivity contribution in [3.8, 4) is 0 Å². The van der Waals surface area contributed by atoms with Crippen LogP contribution in [-0.4, -0.2) is 36.0 Å². The summed E-state index contributed by atoms with van der Waals surface area (Å²) < 4.78 is 0. The number of hydrogen-bond donors (Lipinski definition) is 1. The fourth-order valence-corrected chi connectivity index (χ4v) is 3.20. The lowest BCUT2D eigenvalue weighted by molar-refractivity contribution is -0.133. The fraction of sp³-hybridized carbons (Fsp3) is 0.938. The van der Waals surface area contributed by atoms with Gasteiger partial charge in [0.15, 0.2) is 0 Å². The van der Waals surface area contributed by atoms with Crippen LogP contribution in [0.4, 0.5) is 0 Å². The van der Waals surface area contributed by atoms with Crippen molar-refractivity contribution in [1.29, 1.82) is 0 Å². The van der Waals surface area contributed by atoms with Crippen LogP contribution in [0.3, 0.4) is 0 Å². The van der Waals surface area contributed by atoms with Crippen LogP contribution in [0.1, 0.15) is 65.2 Å². The summed E-state index contributed by atoms with van der Waals surface area (Å²) in [4.78, 5) is 14.1. The number of carbonyl (C=O) groups excluding carboxylic acids is 1. The van der Waals surface area contributed by atoms with Gasteiger partial charge in [0.25, 0.3) is 0 Å². The molecule has 0 radical (unpaired) electrons. The van der Waals surface area contributed by atoms with Crippen LogP contribution in [0.15, 0.2) is 0 Å². The zero-order valence-electron chi connectivity index (χ0n) is 12.7. The summed E-state index contributed by atoms with van der Waals surface area (Å²) in [5.74, 6) is 0.814. The highest BCUT2D eigenvalue weighted by molar-refractivity contribution is 5.81. The van der Waals surface area contributed by atoms with Crippen LogP contribution in [-0.2, 0) is 4.79 Å². The number of likely N-dealkylation sites (tertiary alicyclic amines) is 1. The maximum absolute atomic E-state index is 12.0. The molecule has 1 heterocycles. The van der Waals surface area contributed by atoms with Crippen LogP contribution in [0, 0.1) is 5.92 Å². The summed E-state index contributed by atoms with van der Waals surface area (Å²) in [5.41, 5.74) is 0. The average Bonchev–Trinajstić information content (AvgIpc) is 3.24. The molecule has 1 amide bonds. The third-order valence-corrected chi connectivity index (χ3v) is 4.48. The summed E-state index contributed by atoms with van der Waals surface area (Å²) in [6, 6.07) is 1.32. The quantitative estimate of drug-likeness (QED) is 0.768. The van der Waals surface area contributed by atoms with Gasteiger partial charge < -0.3 is 10.2 Å². The molecular formula is C16H30N2O. The molecule has 1 aliphatic carbocycles. The van der Waals surface area contributed by atoms with E-state index in [1.807, 2.05) is 0 Å². The van der Waals surface area contributed by atoms with Gasteiger partial charge in [0, 0.05) is 31.1 Å². The van der Waals surface area contributed by atoms with Crippen molar-refractivity contribution in [2.24, 2.45) is 5.92 Å². The molecule has 19 heavy (non-hydrogen) atoms. The van der Waals surface area contributed by atoms with Crippen molar-refractivity contribution in [1.82, 2.24) is 10.2 Å². The Morgan fingerprint density at radius 3 is 2.16 bits per heavy atom. The van der Waals surface area contributed by atoms with Gasteiger partial charge in [-0.05, 0) is 38.5 Å². The van der Waals surface area contributed by atoms with Crippen molar-refractivity contribution in [2.45, 2.75) is 77.3 Å².